The van der Waals surface area contributed by atoms with Crippen LogP contribution >= 0.6 is 22.9 Å². The van der Waals surface area contributed by atoms with Crippen molar-refractivity contribution in [2.24, 2.45) is 0 Å². The molecule has 11 nitrogen and oxygen atoms in total. The summed E-state index contributed by atoms with van der Waals surface area (Å²) in [5.41, 5.74) is 1.75. The average Bonchev–Trinajstić information content (AvgIpc) is 3.68. The van der Waals surface area contributed by atoms with Crippen LogP contribution < -0.4 is 9.62 Å². The molecule has 2 unspecified atom stereocenters. The van der Waals surface area contributed by atoms with Crippen LogP contribution in [0.3, 0.4) is 0 Å². The van der Waals surface area contributed by atoms with E-state index in [0.29, 0.717) is 30.0 Å². The van der Waals surface area contributed by atoms with Gasteiger partial charge in [-0.25, -0.2) is 22.7 Å². The molecule has 0 radical (unpaired) electrons. The zero-order valence-electron chi connectivity index (χ0n) is 24.5. The van der Waals surface area contributed by atoms with Crippen LogP contribution in [-0.2, 0) is 25.1 Å². The highest BCUT2D eigenvalue weighted by molar-refractivity contribution is 7.90. The fraction of sp³-hybridized carbons (Fsp3) is 0.323. The van der Waals surface area contributed by atoms with Gasteiger partial charge < -0.3 is 19.7 Å². The number of halogens is 1. The minimum Gasteiger partial charge on any atom is -0.464 e. The van der Waals surface area contributed by atoms with Gasteiger partial charge in [-0.15, -0.1) is 11.3 Å². The van der Waals surface area contributed by atoms with Crippen molar-refractivity contribution in [1.82, 2.24) is 9.71 Å². The normalized spacial score (nSPS) is 20.3. The maximum Gasteiger partial charge on any atom is 0.421 e. The molecule has 2 aromatic heterocycles. The second kappa shape index (κ2) is 11.3. The summed E-state index contributed by atoms with van der Waals surface area (Å²) in [5, 5.41) is 19.5. The van der Waals surface area contributed by atoms with Crippen molar-refractivity contribution in [2.45, 2.75) is 56.3 Å². The number of hydrogen-bond donors (Lipinski definition) is 3. The lowest BCUT2D eigenvalue weighted by atomic mass is 9.96. The van der Waals surface area contributed by atoms with E-state index < -0.39 is 44.9 Å². The Hall–Kier alpha value is -3.59. The zero-order chi connectivity index (χ0) is 32.3. The van der Waals surface area contributed by atoms with Crippen LogP contribution in [0.2, 0.25) is 5.02 Å². The average molecular weight is 672 g/mol. The van der Waals surface area contributed by atoms with Gasteiger partial charge in [-0.1, -0.05) is 29.8 Å². The second-order valence-electron chi connectivity index (χ2n) is 11.7. The Morgan fingerprint density at radius 2 is 1.82 bits per heavy atom. The molecule has 1 aliphatic carbocycles. The molecule has 1 aliphatic heterocycles. The maximum atomic E-state index is 13.3. The Morgan fingerprint density at radius 1 is 1.09 bits per heavy atom. The van der Waals surface area contributed by atoms with Crippen molar-refractivity contribution in [1.29, 1.82) is 0 Å². The standard InChI is InChI=1S/C31H30ClN3O8S2/c1-30(2)42-16-31(3,43-30)18-11-12-33-24(14-18)21-6-4-5-17-13-25(44-27(17)21)26(34-45(40,41)20-8-9-20)22-15-19(7-10-23(22)32)35(28(36)37)29(38)39/h4-7,10-15,20,26,34H,8-9,16H2,1-3H3,(H,36,37)(H,38,39). The van der Waals surface area contributed by atoms with Gasteiger partial charge in [0.25, 0.3) is 0 Å². The number of sulfonamides is 1. The van der Waals surface area contributed by atoms with Crippen LogP contribution in [0.25, 0.3) is 21.3 Å². The van der Waals surface area contributed by atoms with Gasteiger partial charge in [0, 0.05) is 26.4 Å². The van der Waals surface area contributed by atoms with Gasteiger partial charge in [-0.2, -0.15) is 4.90 Å². The van der Waals surface area contributed by atoms with E-state index in [2.05, 4.69) is 9.71 Å². The number of fused-ring (bicyclic) bond motifs is 1. The summed E-state index contributed by atoms with van der Waals surface area (Å²) in [7, 11) is -3.78. The molecule has 2 amide bonds. The Morgan fingerprint density at radius 3 is 2.47 bits per heavy atom. The number of amides is 2. The molecule has 14 heteroatoms. The number of anilines is 1. The lowest BCUT2D eigenvalue weighted by molar-refractivity contribution is -0.159. The van der Waals surface area contributed by atoms with E-state index in [1.807, 2.05) is 57.2 Å². The van der Waals surface area contributed by atoms with E-state index in [1.165, 1.54) is 29.5 Å². The van der Waals surface area contributed by atoms with Crippen LogP contribution in [0.15, 0.2) is 60.8 Å². The minimum absolute atomic E-state index is 0.139. The van der Waals surface area contributed by atoms with Gasteiger partial charge in [0.2, 0.25) is 10.0 Å². The van der Waals surface area contributed by atoms with Gasteiger partial charge in [-0.3, -0.25) is 4.98 Å². The monoisotopic (exact) mass is 671 g/mol. The summed E-state index contributed by atoms with van der Waals surface area (Å²) in [6.07, 6.45) is -0.666. The summed E-state index contributed by atoms with van der Waals surface area (Å²) in [6.45, 7) is 6.07. The van der Waals surface area contributed by atoms with Gasteiger partial charge in [-0.05, 0) is 86.5 Å². The molecular formula is C31H30ClN3O8S2. The van der Waals surface area contributed by atoms with E-state index in [1.54, 1.807) is 6.20 Å². The van der Waals surface area contributed by atoms with E-state index in [0.717, 1.165) is 21.2 Å². The third-order valence-electron chi connectivity index (χ3n) is 7.84. The lowest BCUT2D eigenvalue weighted by Gasteiger charge is -2.25. The Bertz CT molecular complexity index is 1930. The Labute approximate surface area is 268 Å². The molecule has 2 fully saturated rings. The first-order valence-corrected chi connectivity index (χ1v) is 16.8. The number of nitrogens with zero attached hydrogens (tertiary/aromatic N) is 2. The Kier molecular flexibility index (Phi) is 7.91. The number of imide groups is 1. The molecule has 2 aliphatic rings. The molecule has 6 rings (SSSR count). The van der Waals surface area contributed by atoms with E-state index in [4.69, 9.17) is 21.1 Å². The number of thiophene rings is 1. The van der Waals surface area contributed by atoms with E-state index in [9.17, 15) is 28.2 Å². The van der Waals surface area contributed by atoms with Gasteiger partial charge in [0.1, 0.15) is 5.60 Å². The number of carbonyl (C=O) groups is 2. The second-order valence-corrected chi connectivity index (χ2v) is 15.2. The maximum absolute atomic E-state index is 13.3. The van der Waals surface area contributed by atoms with E-state index in [-0.39, 0.29) is 21.2 Å². The first kappa shape index (κ1) is 31.4. The molecule has 4 aromatic rings. The number of rotatable bonds is 8. The molecule has 45 heavy (non-hydrogen) atoms. The molecular weight excluding hydrogens is 642 g/mol. The van der Waals surface area contributed by atoms with Crippen molar-refractivity contribution < 1.29 is 37.7 Å². The smallest absolute Gasteiger partial charge is 0.421 e. The SMILES string of the molecule is CC1(C)OCC(C)(c2ccnc(-c3cccc4cc(C(NS(=O)(=O)C5CC5)c5cc(N(C(=O)O)C(=O)O)ccc5Cl)sc34)c2)O1. The highest BCUT2D eigenvalue weighted by Gasteiger charge is 2.43. The predicted octanol–water partition coefficient (Wildman–Crippen LogP) is 6.95. The van der Waals surface area contributed by atoms with Crippen LogP contribution in [-0.4, -0.2) is 53.4 Å². The number of carboxylic acid groups (broad SMARTS) is 2. The summed E-state index contributed by atoms with van der Waals surface area (Å²) >= 11 is 7.93. The molecule has 236 valence electrons. The third kappa shape index (κ3) is 6.16. The summed E-state index contributed by atoms with van der Waals surface area (Å²) < 4.78 is 42.2. The quantitative estimate of drug-likeness (QED) is 0.180. The molecule has 1 saturated heterocycles. The first-order chi connectivity index (χ1) is 21.2. The number of nitrogens with one attached hydrogen (secondary N) is 1. The number of benzene rings is 2. The minimum atomic E-state index is -3.78. The summed E-state index contributed by atoms with van der Waals surface area (Å²) in [6, 6.07) is 14.3. The van der Waals surface area contributed by atoms with Gasteiger partial charge >= 0.3 is 12.2 Å². The van der Waals surface area contributed by atoms with Crippen molar-refractivity contribution in [2.75, 3.05) is 11.5 Å². The van der Waals surface area contributed by atoms with Crippen LogP contribution in [0.4, 0.5) is 15.3 Å². The molecule has 2 atom stereocenters. The third-order valence-corrected chi connectivity index (χ3v) is 11.3. The predicted molar refractivity (Wildman–Crippen MR) is 170 cm³/mol. The highest BCUT2D eigenvalue weighted by atomic mass is 35.5. The molecule has 3 N–H and O–H groups in total. The number of pyridine rings is 1. The lowest BCUT2D eigenvalue weighted by Crippen LogP contribution is -2.35. The molecule has 3 heterocycles. The molecule has 2 aromatic carbocycles. The van der Waals surface area contributed by atoms with Crippen LogP contribution in [0.5, 0.6) is 0 Å². The fourth-order valence-electron chi connectivity index (χ4n) is 5.50. The van der Waals surface area contributed by atoms with Gasteiger partial charge in [0.15, 0.2) is 5.79 Å². The number of ether oxygens (including phenoxy) is 2. The summed E-state index contributed by atoms with van der Waals surface area (Å²) in [4.78, 5) is 28.8. The number of aromatic nitrogens is 1. The highest BCUT2D eigenvalue weighted by Crippen LogP contribution is 2.43. The van der Waals surface area contributed by atoms with Crippen molar-refractivity contribution >= 4 is 60.9 Å². The van der Waals surface area contributed by atoms with Crippen molar-refractivity contribution in [3.05, 3.63) is 81.8 Å². The molecule has 1 saturated carbocycles. The first-order valence-electron chi connectivity index (χ1n) is 14.1. The molecule has 0 bridgehead atoms. The largest absolute Gasteiger partial charge is 0.464 e. The van der Waals surface area contributed by atoms with Crippen LogP contribution in [0, 0.1) is 0 Å². The molecule has 0 spiro atoms. The van der Waals surface area contributed by atoms with Crippen molar-refractivity contribution in [3.63, 3.8) is 0 Å². The summed E-state index contributed by atoms with van der Waals surface area (Å²) in [5.74, 6) is -0.728. The topological polar surface area (TPSA) is 155 Å². The fourth-order valence-corrected chi connectivity index (χ4v) is 8.58. The zero-order valence-corrected chi connectivity index (χ0v) is 26.9. The number of hydrogen-bond acceptors (Lipinski definition) is 8. The van der Waals surface area contributed by atoms with Gasteiger partial charge in [0.05, 0.1) is 29.3 Å². The van der Waals surface area contributed by atoms with Crippen molar-refractivity contribution in [3.8, 4) is 11.3 Å². The Balaban J connectivity index is 1.46. The van der Waals surface area contributed by atoms with Crippen LogP contribution in [0.1, 0.15) is 55.7 Å². The van der Waals surface area contributed by atoms with E-state index >= 15 is 0 Å².